The van der Waals surface area contributed by atoms with Gasteiger partial charge in [-0.3, -0.25) is 4.98 Å². The van der Waals surface area contributed by atoms with Crippen molar-refractivity contribution in [3.05, 3.63) is 53.7 Å². The minimum absolute atomic E-state index is 0.237. The van der Waals surface area contributed by atoms with Gasteiger partial charge in [0.15, 0.2) is 11.6 Å². The zero-order chi connectivity index (χ0) is 22.2. The van der Waals surface area contributed by atoms with Gasteiger partial charge in [-0.1, -0.05) is 31.2 Å². The molecule has 0 spiro atoms. The van der Waals surface area contributed by atoms with Gasteiger partial charge in [-0.25, -0.2) is 4.39 Å². The van der Waals surface area contributed by atoms with Gasteiger partial charge in [0.2, 0.25) is 5.83 Å². The Kier molecular flexibility index (Phi) is 5.88. The summed E-state index contributed by atoms with van der Waals surface area (Å²) in [6.07, 6.45) is -0.534. The van der Waals surface area contributed by atoms with Crippen LogP contribution in [0.4, 0.5) is 17.6 Å². The molecule has 162 valence electrons. The summed E-state index contributed by atoms with van der Waals surface area (Å²) in [6, 6.07) is 10.4. The number of allylic oxidation sites excluding steroid dienone is 1. The summed E-state index contributed by atoms with van der Waals surface area (Å²) in [5, 5.41) is 7.67. The minimum Gasteiger partial charge on any atom is -0.309 e. The molecule has 0 unspecified atom stereocenters. The Morgan fingerprint density at radius 1 is 1.16 bits per heavy atom. The van der Waals surface area contributed by atoms with Crippen molar-refractivity contribution in [2.45, 2.75) is 36.8 Å². The molecule has 4 rings (SSSR count). The van der Waals surface area contributed by atoms with Gasteiger partial charge in [0, 0.05) is 29.8 Å². The van der Waals surface area contributed by atoms with E-state index in [0.717, 1.165) is 21.8 Å². The third-order valence-electron chi connectivity index (χ3n) is 5.09. The van der Waals surface area contributed by atoms with Crippen LogP contribution >= 0.6 is 11.8 Å². The van der Waals surface area contributed by atoms with Crippen LogP contribution in [0.5, 0.6) is 0 Å². The largest absolute Gasteiger partial charge is 0.443 e. The second-order valence-electron chi connectivity index (χ2n) is 7.33. The predicted molar refractivity (Wildman–Crippen MR) is 113 cm³/mol. The van der Waals surface area contributed by atoms with Crippen LogP contribution in [-0.4, -0.2) is 31.7 Å². The fourth-order valence-corrected chi connectivity index (χ4v) is 4.07. The molecule has 3 aromatic rings. The van der Waals surface area contributed by atoms with Crippen LogP contribution in [0.25, 0.3) is 28.7 Å². The molecule has 1 aromatic carbocycles. The molecular weight excluding hydrogens is 428 g/mol. The summed E-state index contributed by atoms with van der Waals surface area (Å²) >= 11 is 1.55. The van der Waals surface area contributed by atoms with Crippen molar-refractivity contribution in [2.75, 3.05) is 5.75 Å². The van der Waals surface area contributed by atoms with Crippen LogP contribution in [0, 0.1) is 0 Å². The molecule has 0 atom stereocenters. The van der Waals surface area contributed by atoms with Crippen LogP contribution in [-0.2, 0) is 7.05 Å². The molecule has 1 fully saturated rings. The molecule has 9 heteroatoms. The Hall–Kier alpha value is -2.68. The maximum atomic E-state index is 13.3. The number of thioether (sulfide) groups is 1. The lowest BCUT2D eigenvalue weighted by Crippen LogP contribution is -2.08. The molecule has 4 nitrogen and oxygen atoms in total. The molecule has 0 N–H and O–H groups in total. The zero-order valence-electron chi connectivity index (χ0n) is 16.9. The maximum Gasteiger partial charge on any atom is 0.443 e. The maximum absolute atomic E-state index is 13.3. The summed E-state index contributed by atoms with van der Waals surface area (Å²) < 4.78 is 52.2. The SMILES string of the molecule is CCSc1cc(-c2ccc(C3CC3)cc2)cnc1-c1nnc(/C=C(\F)C(F)(F)F)n1C. The number of hydrogen-bond acceptors (Lipinski definition) is 4. The highest BCUT2D eigenvalue weighted by atomic mass is 32.2. The highest BCUT2D eigenvalue weighted by molar-refractivity contribution is 7.99. The number of hydrogen-bond donors (Lipinski definition) is 0. The zero-order valence-corrected chi connectivity index (χ0v) is 17.8. The van der Waals surface area contributed by atoms with Crippen LogP contribution in [0.2, 0.25) is 0 Å². The van der Waals surface area contributed by atoms with Crippen LogP contribution < -0.4 is 0 Å². The number of halogens is 4. The number of alkyl halides is 3. The third kappa shape index (κ3) is 4.66. The van der Waals surface area contributed by atoms with E-state index in [9.17, 15) is 17.6 Å². The lowest BCUT2D eigenvalue weighted by atomic mass is 10.0. The Balaban J connectivity index is 1.69. The van der Waals surface area contributed by atoms with E-state index >= 15 is 0 Å². The smallest absolute Gasteiger partial charge is 0.309 e. The van der Waals surface area contributed by atoms with Gasteiger partial charge in [-0.05, 0) is 41.7 Å². The number of pyridine rings is 1. The highest BCUT2D eigenvalue weighted by Crippen LogP contribution is 2.41. The topological polar surface area (TPSA) is 43.6 Å². The van der Waals surface area contributed by atoms with Gasteiger partial charge in [0.1, 0.15) is 5.69 Å². The molecule has 1 saturated carbocycles. The Bertz CT molecular complexity index is 1120. The van der Waals surface area contributed by atoms with Crippen molar-refractivity contribution in [1.29, 1.82) is 0 Å². The summed E-state index contributed by atoms with van der Waals surface area (Å²) in [7, 11) is 1.48. The van der Waals surface area contributed by atoms with Gasteiger partial charge in [-0.15, -0.1) is 22.0 Å². The second kappa shape index (κ2) is 8.45. The molecule has 0 radical (unpaired) electrons. The molecule has 0 aliphatic heterocycles. The van der Waals surface area contributed by atoms with E-state index in [1.54, 1.807) is 18.0 Å². The molecule has 1 aliphatic carbocycles. The van der Waals surface area contributed by atoms with Crippen molar-refractivity contribution in [1.82, 2.24) is 19.7 Å². The summed E-state index contributed by atoms with van der Waals surface area (Å²) in [6.45, 7) is 2.00. The standard InChI is InChI=1S/C22H20F4N4S/c1-3-31-17-10-16(15-8-6-14(7-9-15)13-4-5-13)12-27-20(17)21-29-28-19(30(21)2)11-18(23)22(24,25)26/h6-13H,3-5H2,1-2H3/b18-11-. The molecule has 0 bridgehead atoms. The monoisotopic (exact) mass is 448 g/mol. The summed E-state index contributed by atoms with van der Waals surface area (Å²) in [4.78, 5) is 5.36. The number of benzene rings is 1. The van der Waals surface area contributed by atoms with Crippen molar-refractivity contribution >= 4 is 17.8 Å². The first-order chi connectivity index (χ1) is 14.8. The molecular formula is C22H20F4N4S. The average Bonchev–Trinajstić information content (AvgIpc) is 3.53. The molecule has 31 heavy (non-hydrogen) atoms. The minimum atomic E-state index is -5.07. The van der Waals surface area contributed by atoms with Gasteiger partial charge in [0.25, 0.3) is 0 Å². The van der Waals surface area contributed by atoms with E-state index in [0.29, 0.717) is 17.7 Å². The molecule has 2 aromatic heterocycles. The lowest BCUT2D eigenvalue weighted by molar-refractivity contribution is -0.107. The number of nitrogens with zero attached hydrogens (tertiary/aromatic N) is 4. The Labute approximate surface area is 181 Å². The molecule has 0 saturated heterocycles. The summed E-state index contributed by atoms with van der Waals surface area (Å²) in [5.74, 6) is -0.740. The van der Waals surface area contributed by atoms with Gasteiger partial charge < -0.3 is 4.57 Å². The van der Waals surface area contributed by atoms with E-state index in [-0.39, 0.29) is 11.6 Å². The number of aromatic nitrogens is 4. The third-order valence-corrected chi connectivity index (χ3v) is 6.00. The average molecular weight is 448 g/mol. The van der Waals surface area contributed by atoms with Crippen molar-refractivity contribution < 1.29 is 17.6 Å². The van der Waals surface area contributed by atoms with E-state index in [2.05, 4.69) is 39.4 Å². The second-order valence-corrected chi connectivity index (χ2v) is 8.64. The first kappa shape index (κ1) is 21.5. The fourth-order valence-electron chi connectivity index (χ4n) is 3.27. The Morgan fingerprint density at radius 3 is 2.48 bits per heavy atom. The fraction of sp³-hybridized carbons (Fsp3) is 0.318. The van der Waals surface area contributed by atoms with E-state index in [1.807, 2.05) is 13.0 Å². The normalized spacial score (nSPS) is 14.8. The van der Waals surface area contributed by atoms with Crippen molar-refractivity contribution in [2.24, 2.45) is 7.05 Å². The van der Waals surface area contributed by atoms with Crippen molar-refractivity contribution in [3.8, 4) is 22.6 Å². The van der Waals surface area contributed by atoms with E-state index in [1.165, 1.54) is 30.0 Å². The first-order valence-corrected chi connectivity index (χ1v) is 10.8. The van der Waals surface area contributed by atoms with Crippen LogP contribution in [0.15, 0.2) is 47.3 Å². The van der Waals surface area contributed by atoms with Gasteiger partial charge in [-0.2, -0.15) is 13.2 Å². The van der Waals surface area contributed by atoms with Gasteiger partial charge >= 0.3 is 6.18 Å². The van der Waals surface area contributed by atoms with Gasteiger partial charge in [0.05, 0.1) is 0 Å². The quantitative estimate of drug-likeness (QED) is 0.323. The van der Waals surface area contributed by atoms with E-state index < -0.39 is 12.0 Å². The predicted octanol–water partition coefficient (Wildman–Crippen LogP) is 6.41. The highest BCUT2D eigenvalue weighted by Gasteiger charge is 2.35. The first-order valence-electron chi connectivity index (χ1n) is 9.85. The summed E-state index contributed by atoms with van der Waals surface area (Å²) in [5.41, 5.74) is 3.82. The molecule has 0 amide bonds. The van der Waals surface area contributed by atoms with E-state index in [4.69, 9.17) is 0 Å². The Morgan fingerprint density at radius 2 is 1.87 bits per heavy atom. The number of rotatable bonds is 6. The molecule has 1 aliphatic rings. The van der Waals surface area contributed by atoms with Crippen molar-refractivity contribution in [3.63, 3.8) is 0 Å². The van der Waals surface area contributed by atoms with Crippen LogP contribution in [0.3, 0.4) is 0 Å². The lowest BCUT2D eigenvalue weighted by Gasteiger charge is -2.11. The molecule has 2 heterocycles. The van der Waals surface area contributed by atoms with Crippen LogP contribution in [0.1, 0.15) is 37.1 Å².